The van der Waals surface area contributed by atoms with Gasteiger partial charge in [0.1, 0.15) is 5.82 Å². The highest BCUT2D eigenvalue weighted by molar-refractivity contribution is 5.90. The van der Waals surface area contributed by atoms with Gasteiger partial charge >= 0.3 is 0 Å². The molecule has 5 heteroatoms. The summed E-state index contributed by atoms with van der Waals surface area (Å²) < 4.78 is 19.4. The number of fused-ring (bicyclic) bond motifs is 1. The van der Waals surface area contributed by atoms with E-state index in [1.807, 2.05) is 11.8 Å². The van der Waals surface area contributed by atoms with Crippen LogP contribution in [0.1, 0.15) is 43.4 Å². The average Bonchev–Trinajstić information content (AvgIpc) is 3.16. The topological polar surface area (TPSA) is 45.3 Å². The normalized spacial score (nSPS) is 26.1. The third kappa shape index (κ3) is 2.92. The fourth-order valence-electron chi connectivity index (χ4n) is 5.16. The lowest BCUT2D eigenvalue weighted by atomic mass is 9.76. The third-order valence-corrected chi connectivity index (χ3v) is 6.48. The van der Waals surface area contributed by atoms with Crippen LogP contribution >= 0.6 is 0 Å². The van der Waals surface area contributed by atoms with Crippen molar-refractivity contribution < 1.29 is 13.9 Å². The van der Waals surface area contributed by atoms with Crippen LogP contribution in [0, 0.1) is 18.2 Å². The standard InChI is InChI=1S/C21H27FN2O2/c1-14-16(17-11-15(22)6-7-18(17)23-14)12-20(25)24-10-4-9-21(13-24)8-3-5-19(21)26-2/h6-7,11,19,23H,3-5,8-10,12-13H2,1-2H3/t19-,21-/m1/s1. The Labute approximate surface area is 153 Å². The van der Waals surface area contributed by atoms with E-state index in [1.54, 1.807) is 13.2 Å². The van der Waals surface area contributed by atoms with Crippen molar-refractivity contribution in [2.45, 2.75) is 51.6 Å². The Balaban J connectivity index is 1.55. The summed E-state index contributed by atoms with van der Waals surface area (Å²) in [6.07, 6.45) is 6.19. The van der Waals surface area contributed by atoms with Gasteiger partial charge < -0.3 is 14.6 Å². The number of aromatic amines is 1. The summed E-state index contributed by atoms with van der Waals surface area (Å²) in [6.45, 7) is 3.56. The highest BCUT2D eigenvalue weighted by Gasteiger charge is 2.46. The molecule has 1 amide bonds. The molecule has 0 bridgehead atoms. The van der Waals surface area contributed by atoms with E-state index in [-0.39, 0.29) is 23.2 Å². The number of halogens is 1. The zero-order valence-electron chi connectivity index (χ0n) is 15.6. The van der Waals surface area contributed by atoms with Crippen molar-refractivity contribution >= 4 is 16.8 Å². The number of carbonyl (C=O) groups is 1. The van der Waals surface area contributed by atoms with Gasteiger partial charge in [0.15, 0.2) is 0 Å². The number of likely N-dealkylation sites (tertiary alicyclic amines) is 1. The molecule has 1 aromatic heterocycles. The number of aryl methyl sites for hydroxylation is 1. The highest BCUT2D eigenvalue weighted by atomic mass is 19.1. The minimum absolute atomic E-state index is 0.129. The molecule has 0 radical (unpaired) electrons. The molecule has 4 rings (SSSR count). The summed E-state index contributed by atoms with van der Waals surface area (Å²) >= 11 is 0. The van der Waals surface area contributed by atoms with Crippen molar-refractivity contribution in [3.05, 3.63) is 35.3 Å². The summed E-state index contributed by atoms with van der Waals surface area (Å²) in [5, 5.41) is 0.818. The predicted octanol–water partition coefficient (Wildman–Crippen LogP) is 3.97. The number of benzene rings is 1. The van der Waals surface area contributed by atoms with E-state index < -0.39 is 0 Å². The van der Waals surface area contributed by atoms with Gasteiger partial charge in [-0.15, -0.1) is 0 Å². The van der Waals surface area contributed by atoms with Crippen molar-refractivity contribution in [2.24, 2.45) is 5.41 Å². The number of hydrogen-bond donors (Lipinski definition) is 1. The molecule has 2 atom stereocenters. The van der Waals surface area contributed by atoms with Crippen molar-refractivity contribution in [3.8, 4) is 0 Å². The molecule has 1 N–H and O–H groups in total. The largest absolute Gasteiger partial charge is 0.381 e. The number of rotatable bonds is 3. The number of piperidine rings is 1. The minimum Gasteiger partial charge on any atom is -0.381 e. The van der Waals surface area contributed by atoms with Crippen molar-refractivity contribution in [1.82, 2.24) is 9.88 Å². The number of aromatic nitrogens is 1. The summed E-state index contributed by atoms with van der Waals surface area (Å²) in [5.41, 5.74) is 2.88. The van der Waals surface area contributed by atoms with Gasteiger partial charge in [0.25, 0.3) is 0 Å². The van der Waals surface area contributed by atoms with Crippen LogP contribution in [-0.4, -0.2) is 42.1 Å². The Kier molecular flexibility index (Phi) is 4.51. The second kappa shape index (κ2) is 6.69. The molecule has 1 saturated heterocycles. The van der Waals surface area contributed by atoms with Crippen LogP contribution in [-0.2, 0) is 16.0 Å². The van der Waals surface area contributed by atoms with Crippen LogP contribution in [0.4, 0.5) is 4.39 Å². The highest BCUT2D eigenvalue weighted by Crippen LogP contribution is 2.46. The number of ether oxygens (including phenoxy) is 1. The lowest BCUT2D eigenvalue weighted by Gasteiger charge is -2.43. The molecule has 26 heavy (non-hydrogen) atoms. The maximum atomic E-state index is 13.7. The van der Waals surface area contributed by atoms with E-state index in [1.165, 1.54) is 18.6 Å². The molecular weight excluding hydrogens is 331 g/mol. The Morgan fingerprint density at radius 3 is 3.00 bits per heavy atom. The van der Waals surface area contributed by atoms with Gasteiger partial charge in [-0.1, -0.05) is 6.42 Å². The molecule has 140 valence electrons. The van der Waals surface area contributed by atoms with Gasteiger partial charge in [0.2, 0.25) is 5.91 Å². The predicted molar refractivity (Wildman–Crippen MR) is 99.6 cm³/mol. The van der Waals surface area contributed by atoms with Crippen LogP contribution in [0.25, 0.3) is 10.9 Å². The Bertz CT molecular complexity index is 831. The van der Waals surface area contributed by atoms with E-state index in [0.29, 0.717) is 6.42 Å². The number of carbonyl (C=O) groups excluding carboxylic acids is 1. The molecule has 1 aliphatic heterocycles. The van der Waals surface area contributed by atoms with Crippen LogP contribution < -0.4 is 0 Å². The van der Waals surface area contributed by atoms with E-state index in [2.05, 4.69) is 4.98 Å². The lowest BCUT2D eigenvalue weighted by molar-refractivity contribution is -0.136. The van der Waals surface area contributed by atoms with Crippen molar-refractivity contribution in [1.29, 1.82) is 0 Å². The number of methoxy groups -OCH3 is 1. The summed E-state index contributed by atoms with van der Waals surface area (Å²) in [5.74, 6) is -0.130. The average molecular weight is 358 g/mol. The van der Waals surface area contributed by atoms with Gasteiger partial charge in [-0.3, -0.25) is 4.79 Å². The van der Waals surface area contributed by atoms with Crippen LogP contribution in [0.2, 0.25) is 0 Å². The van der Waals surface area contributed by atoms with Gasteiger partial charge in [-0.25, -0.2) is 4.39 Å². The maximum absolute atomic E-state index is 13.7. The first-order valence-electron chi connectivity index (χ1n) is 9.60. The maximum Gasteiger partial charge on any atom is 0.227 e. The summed E-state index contributed by atoms with van der Waals surface area (Å²) in [7, 11) is 1.79. The molecule has 4 nitrogen and oxygen atoms in total. The first-order chi connectivity index (χ1) is 12.5. The Morgan fingerprint density at radius 2 is 2.19 bits per heavy atom. The monoisotopic (exact) mass is 358 g/mol. The van der Waals surface area contributed by atoms with E-state index in [0.717, 1.165) is 60.9 Å². The van der Waals surface area contributed by atoms with Gasteiger partial charge in [0.05, 0.1) is 12.5 Å². The molecular formula is C21H27FN2O2. The number of nitrogens with one attached hydrogen (secondary N) is 1. The number of amides is 1. The second-order valence-corrected chi connectivity index (χ2v) is 7.99. The molecule has 1 aliphatic carbocycles. The molecule has 0 unspecified atom stereocenters. The van der Waals surface area contributed by atoms with E-state index in [9.17, 15) is 9.18 Å². The fourth-order valence-corrected chi connectivity index (χ4v) is 5.16. The molecule has 1 spiro atoms. The molecule has 2 heterocycles. The Hall–Kier alpha value is -1.88. The second-order valence-electron chi connectivity index (χ2n) is 7.99. The molecule has 1 aromatic carbocycles. The van der Waals surface area contributed by atoms with Crippen molar-refractivity contribution in [3.63, 3.8) is 0 Å². The molecule has 2 fully saturated rings. The number of hydrogen-bond acceptors (Lipinski definition) is 2. The zero-order chi connectivity index (χ0) is 18.3. The molecule has 2 aromatic rings. The quantitative estimate of drug-likeness (QED) is 0.902. The van der Waals surface area contributed by atoms with Gasteiger partial charge in [-0.2, -0.15) is 0 Å². The van der Waals surface area contributed by atoms with Crippen LogP contribution in [0.3, 0.4) is 0 Å². The minimum atomic E-state index is -0.268. The Morgan fingerprint density at radius 1 is 1.38 bits per heavy atom. The van der Waals surface area contributed by atoms with Gasteiger partial charge in [-0.05, 0) is 56.4 Å². The first-order valence-corrected chi connectivity index (χ1v) is 9.60. The lowest BCUT2D eigenvalue weighted by Crippen LogP contribution is -2.50. The van der Waals surface area contributed by atoms with E-state index >= 15 is 0 Å². The van der Waals surface area contributed by atoms with Crippen molar-refractivity contribution in [2.75, 3.05) is 20.2 Å². The number of H-pyrrole nitrogens is 1. The van der Waals surface area contributed by atoms with Gasteiger partial charge in [0, 0.05) is 42.2 Å². The van der Waals surface area contributed by atoms with Crippen LogP contribution in [0.15, 0.2) is 18.2 Å². The molecule has 2 aliphatic rings. The summed E-state index contributed by atoms with van der Waals surface area (Å²) in [4.78, 5) is 18.3. The smallest absolute Gasteiger partial charge is 0.227 e. The SMILES string of the molecule is CO[C@@H]1CCC[C@]12CCCN(C(=O)Cc1c(C)[nH]c3ccc(F)cc13)C2. The van der Waals surface area contributed by atoms with E-state index in [4.69, 9.17) is 4.74 Å². The first kappa shape index (κ1) is 17.5. The number of nitrogens with zero attached hydrogens (tertiary/aromatic N) is 1. The third-order valence-electron chi connectivity index (χ3n) is 6.48. The van der Waals surface area contributed by atoms with Crippen LogP contribution in [0.5, 0.6) is 0 Å². The zero-order valence-corrected chi connectivity index (χ0v) is 15.6. The fraction of sp³-hybridized carbons (Fsp3) is 0.571. The summed E-state index contributed by atoms with van der Waals surface area (Å²) in [6, 6.07) is 4.71. The molecule has 1 saturated carbocycles.